The minimum absolute atomic E-state index is 0.0352. The smallest absolute Gasteiger partial charge is 0.0621 e. The maximum Gasteiger partial charge on any atom is 0.0621 e. The average molecular weight is 196 g/mol. The van der Waals surface area contributed by atoms with Gasteiger partial charge in [0.15, 0.2) is 0 Å². The first kappa shape index (κ1) is 11.5. The van der Waals surface area contributed by atoms with Crippen LogP contribution in [-0.2, 0) is 0 Å². The van der Waals surface area contributed by atoms with E-state index in [0.29, 0.717) is 12.3 Å². The summed E-state index contributed by atoms with van der Waals surface area (Å²) < 4.78 is 0. The molecule has 1 aliphatic carbocycles. The normalized spacial score (nSPS) is 25.9. The Labute approximate surface area is 86.3 Å². The zero-order chi connectivity index (χ0) is 10.4. The van der Waals surface area contributed by atoms with Gasteiger partial charge in [-0.2, -0.15) is 5.26 Å². The molecule has 1 fully saturated rings. The summed E-state index contributed by atoms with van der Waals surface area (Å²) in [5.74, 6) is 0.700. The van der Waals surface area contributed by atoms with E-state index in [1.807, 2.05) is 0 Å². The number of hydrogen-bond donors (Lipinski definition) is 1. The number of nitrogens with zero attached hydrogens (tertiary/aromatic N) is 2. The SMILES string of the molecule is CN(CCCCC#N)CC1CC(O)C1. The van der Waals surface area contributed by atoms with Crippen LogP contribution in [-0.4, -0.2) is 36.2 Å². The van der Waals surface area contributed by atoms with Gasteiger partial charge in [-0.15, -0.1) is 0 Å². The van der Waals surface area contributed by atoms with Crippen LogP contribution in [0.1, 0.15) is 32.1 Å². The van der Waals surface area contributed by atoms with Gasteiger partial charge in [0.2, 0.25) is 0 Å². The summed E-state index contributed by atoms with van der Waals surface area (Å²) in [4.78, 5) is 2.31. The molecule has 0 bridgehead atoms. The van der Waals surface area contributed by atoms with Gasteiger partial charge < -0.3 is 10.0 Å². The second kappa shape index (κ2) is 6.00. The second-order valence-corrected chi connectivity index (χ2v) is 4.37. The first-order chi connectivity index (χ1) is 6.72. The van der Waals surface area contributed by atoms with Gasteiger partial charge in [-0.3, -0.25) is 0 Å². The van der Waals surface area contributed by atoms with Gasteiger partial charge in [-0.05, 0) is 45.2 Å². The van der Waals surface area contributed by atoms with E-state index in [1.54, 1.807) is 0 Å². The molecule has 0 aromatic carbocycles. The molecule has 0 radical (unpaired) electrons. The van der Waals surface area contributed by atoms with Crippen LogP contribution in [0.15, 0.2) is 0 Å². The van der Waals surface area contributed by atoms with E-state index in [9.17, 15) is 0 Å². The average Bonchev–Trinajstić information content (AvgIpc) is 2.10. The van der Waals surface area contributed by atoms with Crippen molar-refractivity contribution in [1.29, 1.82) is 5.26 Å². The molecule has 1 saturated carbocycles. The molecular weight excluding hydrogens is 176 g/mol. The maximum absolute atomic E-state index is 9.12. The molecule has 1 rings (SSSR count). The van der Waals surface area contributed by atoms with Gasteiger partial charge in [-0.25, -0.2) is 0 Å². The molecule has 0 aromatic heterocycles. The third-order valence-electron chi connectivity index (χ3n) is 2.86. The Morgan fingerprint density at radius 1 is 1.43 bits per heavy atom. The highest BCUT2D eigenvalue weighted by Gasteiger charge is 2.27. The monoisotopic (exact) mass is 196 g/mol. The summed E-state index contributed by atoms with van der Waals surface area (Å²) in [6.07, 6.45) is 4.71. The molecule has 1 aliphatic rings. The van der Waals surface area contributed by atoms with E-state index in [-0.39, 0.29) is 6.10 Å². The highest BCUT2D eigenvalue weighted by Crippen LogP contribution is 2.27. The zero-order valence-electron chi connectivity index (χ0n) is 8.95. The van der Waals surface area contributed by atoms with E-state index in [0.717, 1.165) is 38.8 Å². The van der Waals surface area contributed by atoms with Crippen molar-refractivity contribution >= 4 is 0 Å². The predicted molar refractivity (Wildman–Crippen MR) is 55.7 cm³/mol. The summed E-state index contributed by atoms with van der Waals surface area (Å²) in [5.41, 5.74) is 0. The largest absolute Gasteiger partial charge is 0.393 e. The molecule has 0 saturated heterocycles. The Kier molecular flexibility index (Phi) is 4.92. The number of nitriles is 1. The third kappa shape index (κ3) is 4.08. The number of unbranched alkanes of at least 4 members (excludes halogenated alkanes) is 2. The molecule has 3 nitrogen and oxygen atoms in total. The fraction of sp³-hybridized carbons (Fsp3) is 0.909. The lowest BCUT2D eigenvalue weighted by Gasteiger charge is -2.34. The maximum atomic E-state index is 9.12. The van der Waals surface area contributed by atoms with Gasteiger partial charge in [0.25, 0.3) is 0 Å². The van der Waals surface area contributed by atoms with Crippen molar-refractivity contribution < 1.29 is 5.11 Å². The second-order valence-electron chi connectivity index (χ2n) is 4.37. The predicted octanol–water partition coefficient (Wildman–Crippen LogP) is 1.38. The van der Waals surface area contributed by atoms with Crippen molar-refractivity contribution in [3.63, 3.8) is 0 Å². The van der Waals surface area contributed by atoms with Crippen molar-refractivity contribution in [1.82, 2.24) is 4.90 Å². The van der Waals surface area contributed by atoms with E-state index >= 15 is 0 Å². The fourth-order valence-corrected chi connectivity index (χ4v) is 1.97. The standard InChI is InChI=1S/C11H20N2O/c1-13(6-4-2-3-5-12)9-10-7-11(14)8-10/h10-11,14H,2-4,6-9H2,1H3. The molecule has 0 amide bonds. The van der Waals surface area contributed by atoms with Gasteiger partial charge in [0.05, 0.1) is 12.2 Å². The van der Waals surface area contributed by atoms with Gasteiger partial charge in [0, 0.05) is 13.0 Å². The van der Waals surface area contributed by atoms with Crippen LogP contribution in [0.25, 0.3) is 0 Å². The molecule has 0 atom stereocenters. The highest BCUT2D eigenvalue weighted by molar-refractivity contribution is 4.80. The lowest BCUT2D eigenvalue weighted by Crippen LogP contribution is -2.37. The Morgan fingerprint density at radius 3 is 2.71 bits per heavy atom. The van der Waals surface area contributed by atoms with Crippen LogP contribution in [0.4, 0.5) is 0 Å². The number of rotatable bonds is 6. The van der Waals surface area contributed by atoms with Crippen LogP contribution in [0, 0.1) is 17.2 Å². The Hall–Kier alpha value is -0.590. The van der Waals surface area contributed by atoms with Crippen LogP contribution >= 0.6 is 0 Å². The quantitative estimate of drug-likeness (QED) is 0.653. The molecule has 0 spiro atoms. The summed E-state index contributed by atoms with van der Waals surface area (Å²) in [5, 5.41) is 17.5. The molecule has 0 aromatic rings. The number of aliphatic hydroxyl groups excluding tert-OH is 1. The first-order valence-corrected chi connectivity index (χ1v) is 5.46. The Morgan fingerprint density at radius 2 is 2.14 bits per heavy atom. The third-order valence-corrected chi connectivity index (χ3v) is 2.86. The van der Waals surface area contributed by atoms with Crippen molar-refractivity contribution in [3.8, 4) is 6.07 Å². The van der Waals surface area contributed by atoms with E-state index in [1.165, 1.54) is 0 Å². The van der Waals surface area contributed by atoms with E-state index in [2.05, 4.69) is 18.0 Å². The lowest BCUT2D eigenvalue weighted by atomic mass is 9.82. The fourth-order valence-electron chi connectivity index (χ4n) is 1.97. The molecule has 14 heavy (non-hydrogen) atoms. The van der Waals surface area contributed by atoms with Crippen molar-refractivity contribution in [2.24, 2.45) is 5.92 Å². The highest BCUT2D eigenvalue weighted by atomic mass is 16.3. The summed E-state index contributed by atoms with van der Waals surface area (Å²) in [7, 11) is 2.12. The van der Waals surface area contributed by atoms with Gasteiger partial charge in [-0.1, -0.05) is 0 Å². The van der Waals surface area contributed by atoms with Crippen LogP contribution in [0.5, 0.6) is 0 Å². The molecular formula is C11H20N2O. The van der Waals surface area contributed by atoms with Crippen LogP contribution < -0.4 is 0 Å². The molecule has 3 heteroatoms. The van der Waals surface area contributed by atoms with E-state index < -0.39 is 0 Å². The van der Waals surface area contributed by atoms with Crippen LogP contribution in [0.3, 0.4) is 0 Å². The first-order valence-electron chi connectivity index (χ1n) is 5.46. The molecule has 0 unspecified atom stereocenters. The van der Waals surface area contributed by atoms with Gasteiger partial charge in [0.1, 0.15) is 0 Å². The number of aliphatic hydroxyl groups is 1. The lowest BCUT2D eigenvalue weighted by molar-refractivity contribution is 0.0282. The van der Waals surface area contributed by atoms with Crippen molar-refractivity contribution in [2.45, 2.75) is 38.2 Å². The zero-order valence-corrected chi connectivity index (χ0v) is 8.95. The summed E-state index contributed by atoms with van der Waals surface area (Å²) >= 11 is 0. The minimum atomic E-state index is -0.0352. The number of hydrogen-bond acceptors (Lipinski definition) is 3. The van der Waals surface area contributed by atoms with Crippen molar-refractivity contribution in [2.75, 3.05) is 20.1 Å². The summed E-state index contributed by atoms with van der Waals surface area (Å²) in [6.45, 7) is 2.18. The minimum Gasteiger partial charge on any atom is -0.393 e. The van der Waals surface area contributed by atoms with Gasteiger partial charge >= 0.3 is 0 Å². The molecule has 1 N–H and O–H groups in total. The molecule has 80 valence electrons. The molecule has 0 heterocycles. The topological polar surface area (TPSA) is 47.3 Å². The van der Waals surface area contributed by atoms with Crippen molar-refractivity contribution in [3.05, 3.63) is 0 Å². The molecule has 0 aliphatic heterocycles. The Bertz CT molecular complexity index is 194. The van der Waals surface area contributed by atoms with E-state index in [4.69, 9.17) is 10.4 Å². The Balaban J connectivity index is 1.94. The summed E-state index contributed by atoms with van der Waals surface area (Å²) in [6, 6.07) is 2.16. The van der Waals surface area contributed by atoms with Crippen LogP contribution in [0.2, 0.25) is 0 Å².